The molecule has 0 aliphatic carbocycles. The fourth-order valence-electron chi connectivity index (χ4n) is 4.37. The SMILES string of the molecule is CS(=O)(=O)Cc1cccc2c1NCC2C(c1ccc(F)cc1)c1ccc(C(F)(F)F)cc1. The molecule has 3 aromatic rings. The normalized spacial score (nSPS) is 17.0. The summed E-state index contributed by atoms with van der Waals surface area (Å²) in [5.74, 6) is -1.04. The molecule has 168 valence electrons. The Morgan fingerprint density at radius 3 is 2.12 bits per heavy atom. The molecule has 2 atom stereocenters. The van der Waals surface area contributed by atoms with Crippen molar-refractivity contribution in [3.05, 3.63) is 100 Å². The average Bonchev–Trinajstić information content (AvgIpc) is 3.13. The van der Waals surface area contributed by atoms with E-state index in [0.29, 0.717) is 17.7 Å². The molecule has 2 unspecified atom stereocenters. The van der Waals surface area contributed by atoms with Crippen LogP contribution < -0.4 is 5.32 Å². The van der Waals surface area contributed by atoms with Crippen molar-refractivity contribution in [2.75, 3.05) is 18.1 Å². The Bertz CT molecular complexity index is 1220. The van der Waals surface area contributed by atoms with E-state index >= 15 is 0 Å². The highest BCUT2D eigenvalue weighted by Crippen LogP contribution is 2.46. The summed E-state index contributed by atoms with van der Waals surface area (Å²) in [5, 5.41) is 3.29. The molecule has 8 heteroatoms. The largest absolute Gasteiger partial charge is 0.416 e. The van der Waals surface area contributed by atoms with Gasteiger partial charge in [-0.25, -0.2) is 12.8 Å². The number of halogens is 4. The predicted octanol–water partition coefficient (Wildman–Crippen LogP) is 5.73. The molecule has 1 aliphatic heterocycles. The second-order valence-electron chi connectivity index (χ2n) is 8.09. The smallest absolute Gasteiger partial charge is 0.384 e. The molecule has 4 rings (SSSR count). The van der Waals surface area contributed by atoms with Gasteiger partial charge in [-0.3, -0.25) is 0 Å². The molecule has 0 saturated heterocycles. The standard InChI is InChI=1S/C24H21F4NO2S/c1-32(30,31)14-17-3-2-4-20-21(13-29-23(17)20)22(16-7-11-19(25)12-8-16)15-5-9-18(10-6-15)24(26,27)28/h2-12,21-22,29H,13-14H2,1H3. The Labute approximate surface area is 184 Å². The zero-order valence-corrected chi connectivity index (χ0v) is 18.0. The van der Waals surface area contributed by atoms with E-state index in [0.717, 1.165) is 28.9 Å². The molecule has 0 aromatic heterocycles. The highest BCUT2D eigenvalue weighted by molar-refractivity contribution is 7.89. The minimum atomic E-state index is -4.44. The zero-order valence-electron chi connectivity index (χ0n) is 17.2. The zero-order chi connectivity index (χ0) is 23.1. The summed E-state index contributed by atoms with van der Waals surface area (Å²) in [5.41, 5.74) is 2.97. The lowest BCUT2D eigenvalue weighted by Crippen LogP contribution is -2.15. The molecular weight excluding hydrogens is 442 g/mol. The van der Waals surface area contributed by atoms with Crippen LogP contribution >= 0.6 is 0 Å². The third-order valence-electron chi connectivity index (χ3n) is 5.73. The van der Waals surface area contributed by atoms with Gasteiger partial charge in [-0.05, 0) is 46.5 Å². The number of rotatable bonds is 5. The molecule has 0 amide bonds. The minimum absolute atomic E-state index is 0.114. The van der Waals surface area contributed by atoms with Crippen LogP contribution in [0.5, 0.6) is 0 Å². The lowest BCUT2D eigenvalue weighted by Gasteiger charge is -2.25. The fraction of sp³-hybridized carbons (Fsp3) is 0.250. The molecule has 1 aliphatic rings. The van der Waals surface area contributed by atoms with Crippen LogP contribution in [0, 0.1) is 5.82 Å². The van der Waals surface area contributed by atoms with Gasteiger partial charge in [0.25, 0.3) is 0 Å². The summed E-state index contributed by atoms with van der Waals surface area (Å²) in [7, 11) is -3.25. The van der Waals surface area contributed by atoms with E-state index in [9.17, 15) is 26.0 Å². The first-order valence-corrected chi connectivity index (χ1v) is 12.0. The molecule has 1 heterocycles. The lowest BCUT2D eigenvalue weighted by molar-refractivity contribution is -0.137. The highest BCUT2D eigenvalue weighted by Gasteiger charge is 2.35. The van der Waals surface area contributed by atoms with Crippen LogP contribution in [-0.4, -0.2) is 21.2 Å². The van der Waals surface area contributed by atoms with Gasteiger partial charge < -0.3 is 5.32 Å². The summed E-state index contributed by atoms with van der Waals surface area (Å²) in [4.78, 5) is 0. The lowest BCUT2D eigenvalue weighted by atomic mass is 9.77. The quantitative estimate of drug-likeness (QED) is 0.492. The van der Waals surface area contributed by atoms with Crippen LogP contribution in [0.2, 0.25) is 0 Å². The maximum absolute atomic E-state index is 13.6. The monoisotopic (exact) mass is 463 g/mol. The van der Waals surface area contributed by atoms with Gasteiger partial charge in [0, 0.05) is 30.3 Å². The van der Waals surface area contributed by atoms with E-state index in [4.69, 9.17) is 0 Å². The number of benzene rings is 3. The Kier molecular flexibility index (Phi) is 5.75. The number of alkyl halides is 3. The van der Waals surface area contributed by atoms with Crippen molar-refractivity contribution < 1.29 is 26.0 Å². The second kappa shape index (κ2) is 8.24. The van der Waals surface area contributed by atoms with Crippen molar-refractivity contribution in [2.24, 2.45) is 0 Å². The van der Waals surface area contributed by atoms with E-state index in [1.165, 1.54) is 30.5 Å². The average molecular weight is 463 g/mol. The van der Waals surface area contributed by atoms with Crippen LogP contribution in [-0.2, 0) is 21.8 Å². The Morgan fingerprint density at radius 1 is 0.969 bits per heavy atom. The van der Waals surface area contributed by atoms with Crippen molar-refractivity contribution in [1.82, 2.24) is 0 Å². The van der Waals surface area contributed by atoms with Gasteiger partial charge in [0.2, 0.25) is 0 Å². The minimum Gasteiger partial charge on any atom is -0.384 e. The number of nitrogens with one attached hydrogen (secondary N) is 1. The fourth-order valence-corrected chi connectivity index (χ4v) is 5.18. The van der Waals surface area contributed by atoms with Gasteiger partial charge >= 0.3 is 6.18 Å². The van der Waals surface area contributed by atoms with Crippen molar-refractivity contribution in [3.8, 4) is 0 Å². The summed E-state index contributed by atoms with van der Waals surface area (Å²) < 4.78 is 76.5. The molecule has 3 nitrogen and oxygen atoms in total. The van der Waals surface area contributed by atoms with Gasteiger partial charge in [0.15, 0.2) is 9.84 Å². The Morgan fingerprint density at radius 2 is 1.56 bits per heavy atom. The number of fused-ring (bicyclic) bond motifs is 1. The maximum atomic E-state index is 13.6. The summed E-state index contributed by atoms with van der Waals surface area (Å²) in [6.07, 6.45) is -3.27. The van der Waals surface area contributed by atoms with Crippen LogP contribution in [0.25, 0.3) is 0 Å². The van der Waals surface area contributed by atoms with Crippen LogP contribution in [0.15, 0.2) is 66.7 Å². The number of hydrogen-bond donors (Lipinski definition) is 1. The molecule has 32 heavy (non-hydrogen) atoms. The van der Waals surface area contributed by atoms with Crippen molar-refractivity contribution >= 4 is 15.5 Å². The summed E-state index contributed by atoms with van der Waals surface area (Å²) >= 11 is 0. The van der Waals surface area contributed by atoms with Crippen LogP contribution in [0.4, 0.5) is 23.2 Å². The summed E-state index contributed by atoms with van der Waals surface area (Å²) in [6, 6.07) is 16.4. The molecule has 0 fully saturated rings. The molecule has 0 bridgehead atoms. The van der Waals surface area contributed by atoms with E-state index in [1.807, 2.05) is 6.07 Å². The van der Waals surface area contributed by atoms with E-state index in [1.54, 1.807) is 24.3 Å². The van der Waals surface area contributed by atoms with Crippen LogP contribution in [0.1, 0.15) is 39.7 Å². The van der Waals surface area contributed by atoms with Gasteiger partial charge in [-0.15, -0.1) is 0 Å². The molecule has 0 spiro atoms. The molecule has 1 N–H and O–H groups in total. The van der Waals surface area contributed by atoms with E-state index in [-0.39, 0.29) is 17.6 Å². The van der Waals surface area contributed by atoms with Crippen molar-refractivity contribution in [3.63, 3.8) is 0 Å². The molecule has 0 saturated carbocycles. The third kappa shape index (κ3) is 4.65. The molecule has 0 radical (unpaired) electrons. The highest BCUT2D eigenvalue weighted by atomic mass is 32.2. The topological polar surface area (TPSA) is 46.2 Å². The first-order chi connectivity index (χ1) is 15.0. The van der Waals surface area contributed by atoms with Crippen LogP contribution in [0.3, 0.4) is 0 Å². The van der Waals surface area contributed by atoms with Gasteiger partial charge in [0.05, 0.1) is 11.3 Å². The number of anilines is 1. The molecule has 3 aromatic carbocycles. The Balaban J connectivity index is 1.80. The summed E-state index contributed by atoms with van der Waals surface area (Å²) in [6.45, 7) is 0.471. The first kappa shape index (κ1) is 22.3. The second-order valence-corrected chi connectivity index (χ2v) is 10.2. The maximum Gasteiger partial charge on any atom is 0.416 e. The predicted molar refractivity (Wildman–Crippen MR) is 116 cm³/mol. The number of hydrogen-bond acceptors (Lipinski definition) is 3. The third-order valence-corrected chi connectivity index (χ3v) is 6.56. The first-order valence-electron chi connectivity index (χ1n) is 9.99. The number of para-hydroxylation sites is 1. The number of sulfone groups is 1. The van der Waals surface area contributed by atoms with Gasteiger partial charge in [0.1, 0.15) is 5.82 Å². The van der Waals surface area contributed by atoms with Crippen molar-refractivity contribution in [1.29, 1.82) is 0 Å². The van der Waals surface area contributed by atoms with E-state index in [2.05, 4.69) is 5.32 Å². The van der Waals surface area contributed by atoms with E-state index < -0.39 is 27.4 Å². The molecular formula is C24H21F4NO2S. The van der Waals surface area contributed by atoms with Gasteiger partial charge in [-0.1, -0.05) is 42.5 Å². The van der Waals surface area contributed by atoms with Crippen molar-refractivity contribution in [2.45, 2.75) is 23.8 Å². The van der Waals surface area contributed by atoms with Gasteiger partial charge in [-0.2, -0.15) is 13.2 Å². The Hall–Kier alpha value is -2.87.